The first kappa shape index (κ1) is 22.6. The van der Waals surface area contributed by atoms with E-state index in [0.29, 0.717) is 0 Å². The van der Waals surface area contributed by atoms with Gasteiger partial charge in [-0.25, -0.2) is 0 Å². The SMILES string of the molecule is Clc1cccc2c1C1(c3ccccc3-2)c2ccccc2C(c2ccccc2)(c2ccccc2)c2ccccc21. The van der Waals surface area contributed by atoms with E-state index in [0.717, 1.165) is 5.02 Å². The molecule has 0 unspecified atom stereocenters. The van der Waals surface area contributed by atoms with Crippen molar-refractivity contribution in [3.63, 3.8) is 0 Å². The summed E-state index contributed by atoms with van der Waals surface area (Å²) in [4.78, 5) is 0. The minimum absolute atomic E-state index is 0.486. The summed E-state index contributed by atoms with van der Waals surface area (Å²) in [5.41, 5.74) is 11.6. The average Bonchev–Trinajstić information content (AvgIpc) is 3.31. The molecule has 0 atom stereocenters. The van der Waals surface area contributed by atoms with Gasteiger partial charge in [-0.2, -0.15) is 0 Å². The molecule has 39 heavy (non-hydrogen) atoms. The van der Waals surface area contributed by atoms with Crippen molar-refractivity contribution >= 4 is 11.6 Å². The molecule has 6 aromatic rings. The van der Waals surface area contributed by atoms with Gasteiger partial charge in [0, 0.05) is 5.02 Å². The summed E-state index contributed by atoms with van der Waals surface area (Å²) in [6.07, 6.45) is 0. The van der Waals surface area contributed by atoms with E-state index in [4.69, 9.17) is 11.6 Å². The maximum Gasteiger partial charge on any atom is 0.0734 e. The molecule has 0 N–H and O–H groups in total. The van der Waals surface area contributed by atoms with E-state index in [1.54, 1.807) is 0 Å². The molecule has 0 amide bonds. The molecule has 0 aliphatic heterocycles. The predicted molar refractivity (Wildman–Crippen MR) is 161 cm³/mol. The van der Waals surface area contributed by atoms with Crippen LogP contribution in [0, 0.1) is 0 Å². The van der Waals surface area contributed by atoms with Crippen LogP contribution < -0.4 is 0 Å². The topological polar surface area (TPSA) is 0 Å². The molecular formula is C38H25Cl. The van der Waals surface area contributed by atoms with Crippen molar-refractivity contribution in [2.45, 2.75) is 10.8 Å². The summed E-state index contributed by atoms with van der Waals surface area (Å²) in [5, 5.41) is 0.806. The summed E-state index contributed by atoms with van der Waals surface area (Å²) in [6, 6.07) is 55.3. The summed E-state index contributed by atoms with van der Waals surface area (Å²) in [6.45, 7) is 0. The Kier molecular flexibility index (Phi) is 4.81. The molecule has 0 bridgehead atoms. The Morgan fingerprint density at radius 1 is 0.333 bits per heavy atom. The van der Waals surface area contributed by atoms with Gasteiger partial charge in [0.1, 0.15) is 0 Å². The number of rotatable bonds is 2. The molecular weight excluding hydrogens is 492 g/mol. The second-order valence-corrected chi connectivity index (χ2v) is 10.9. The van der Waals surface area contributed by atoms with Crippen molar-refractivity contribution in [1.82, 2.24) is 0 Å². The van der Waals surface area contributed by atoms with Crippen molar-refractivity contribution < 1.29 is 0 Å². The van der Waals surface area contributed by atoms with Crippen molar-refractivity contribution in [2.75, 3.05) is 0 Å². The number of hydrogen-bond donors (Lipinski definition) is 0. The van der Waals surface area contributed by atoms with Crippen LogP contribution in [-0.2, 0) is 10.8 Å². The monoisotopic (exact) mass is 516 g/mol. The van der Waals surface area contributed by atoms with Crippen LogP contribution in [0.5, 0.6) is 0 Å². The minimum Gasteiger partial charge on any atom is -0.0840 e. The lowest BCUT2D eigenvalue weighted by Crippen LogP contribution is -2.44. The van der Waals surface area contributed by atoms with Crippen molar-refractivity contribution in [1.29, 1.82) is 0 Å². The highest BCUT2D eigenvalue weighted by Gasteiger charge is 2.57. The molecule has 0 nitrogen and oxygen atoms in total. The Labute approximate surface area is 234 Å². The molecule has 0 saturated heterocycles. The molecule has 8 rings (SSSR count). The highest BCUT2D eigenvalue weighted by molar-refractivity contribution is 6.32. The first-order chi connectivity index (χ1) is 19.3. The molecule has 0 radical (unpaired) electrons. The third kappa shape index (κ3) is 2.74. The third-order valence-electron chi connectivity index (χ3n) is 8.89. The van der Waals surface area contributed by atoms with Crippen LogP contribution in [-0.4, -0.2) is 0 Å². The first-order valence-corrected chi connectivity index (χ1v) is 13.9. The number of fused-ring (bicyclic) bond motifs is 9. The Morgan fingerprint density at radius 3 is 1.28 bits per heavy atom. The third-order valence-corrected chi connectivity index (χ3v) is 9.21. The zero-order valence-corrected chi connectivity index (χ0v) is 22.1. The van der Waals surface area contributed by atoms with Gasteiger partial charge in [-0.3, -0.25) is 0 Å². The quantitative estimate of drug-likeness (QED) is 0.214. The van der Waals surface area contributed by atoms with Gasteiger partial charge in [-0.05, 0) is 61.7 Å². The largest absolute Gasteiger partial charge is 0.0840 e. The van der Waals surface area contributed by atoms with E-state index in [2.05, 4.69) is 152 Å². The molecule has 0 fully saturated rings. The van der Waals surface area contributed by atoms with E-state index < -0.39 is 10.8 Å². The lowest BCUT2D eigenvalue weighted by molar-refractivity contribution is 0.624. The lowest BCUT2D eigenvalue weighted by atomic mass is 9.51. The first-order valence-electron chi connectivity index (χ1n) is 13.5. The number of hydrogen-bond acceptors (Lipinski definition) is 0. The van der Waals surface area contributed by atoms with Crippen LogP contribution in [0.2, 0.25) is 5.02 Å². The highest BCUT2D eigenvalue weighted by atomic mass is 35.5. The normalized spacial score (nSPS) is 15.2. The fourth-order valence-electron chi connectivity index (χ4n) is 7.60. The van der Waals surface area contributed by atoms with Gasteiger partial charge in [0.05, 0.1) is 10.8 Å². The fourth-order valence-corrected chi connectivity index (χ4v) is 7.91. The van der Waals surface area contributed by atoms with Gasteiger partial charge in [-0.15, -0.1) is 0 Å². The summed E-state index contributed by atoms with van der Waals surface area (Å²) in [5.74, 6) is 0. The Bertz CT molecular complexity index is 1780. The molecule has 6 aromatic carbocycles. The molecule has 1 spiro atoms. The summed E-state index contributed by atoms with van der Waals surface area (Å²) < 4.78 is 0. The van der Waals surface area contributed by atoms with E-state index >= 15 is 0 Å². The second kappa shape index (κ2) is 8.30. The molecule has 0 heterocycles. The van der Waals surface area contributed by atoms with Crippen LogP contribution in [0.1, 0.15) is 44.5 Å². The fraction of sp³-hybridized carbons (Fsp3) is 0.0526. The zero-order chi connectivity index (χ0) is 26.0. The number of halogens is 1. The van der Waals surface area contributed by atoms with Crippen LogP contribution in [0.4, 0.5) is 0 Å². The zero-order valence-electron chi connectivity index (χ0n) is 21.3. The van der Waals surface area contributed by atoms with Crippen molar-refractivity contribution in [2.24, 2.45) is 0 Å². The summed E-state index contributed by atoms with van der Waals surface area (Å²) >= 11 is 7.22. The van der Waals surface area contributed by atoms with Gasteiger partial charge in [0.15, 0.2) is 0 Å². The van der Waals surface area contributed by atoms with Gasteiger partial charge in [0.25, 0.3) is 0 Å². The van der Waals surface area contributed by atoms with E-state index in [1.165, 1.54) is 55.6 Å². The maximum absolute atomic E-state index is 7.22. The Hall–Kier alpha value is -4.39. The maximum atomic E-state index is 7.22. The molecule has 1 heteroatoms. The molecule has 2 aliphatic carbocycles. The van der Waals surface area contributed by atoms with E-state index in [9.17, 15) is 0 Å². The number of benzene rings is 6. The Morgan fingerprint density at radius 2 is 0.744 bits per heavy atom. The Balaban J connectivity index is 1.63. The van der Waals surface area contributed by atoms with E-state index in [-0.39, 0.29) is 0 Å². The smallest absolute Gasteiger partial charge is 0.0734 e. The second-order valence-electron chi connectivity index (χ2n) is 10.5. The lowest BCUT2D eigenvalue weighted by Gasteiger charge is -2.50. The standard InChI is InChI=1S/C38H25Cl/c39-35-25-13-19-29-28-18-7-8-20-30(28)38(36(29)35)33-23-11-9-21-31(33)37(26-14-3-1-4-15-26,27-16-5-2-6-17-27)32-22-10-12-24-34(32)38/h1-25H. The predicted octanol–water partition coefficient (Wildman–Crippen LogP) is 9.40. The highest BCUT2D eigenvalue weighted by Crippen LogP contribution is 2.65. The van der Waals surface area contributed by atoms with Gasteiger partial charge in [-0.1, -0.05) is 157 Å². The van der Waals surface area contributed by atoms with Crippen LogP contribution in [0.15, 0.2) is 152 Å². The molecule has 0 aromatic heterocycles. The average molecular weight is 517 g/mol. The van der Waals surface area contributed by atoms with Gasteiger partial charge < -0.3 is 0 Å². The summed E-state index contributed by atoms with van der Waals surface area (Å²) in [7, 11) is 0. The van der Waals surface area contributed by atoms with Gasteiger partial charge >= 0.3 is 0 Å². The molecule has 184 valence electrons. The van der Waals surface area contributed by atoms with Crippen molar-refractivity contribution in [3.05, 3.63) is 201 Å². The van der Waals surface area contributed by atoms with E-state index in [1.807, 2.05) is 0 Å². The molecule has 0 saturated carbocycles. The van der Waals surface area contributed by atoms with Crippen LogP contribution in [0.25, 0.3) is 11.1 Å². The van der Waals surface area contributed by atoms with Crippen LogP contribution >= 0.6 is 11.6 Å². The van der Waals surface area contributed by atoms with Crippen LogP contribution in [0.3, 0.4) is 0 Å². The van der Waals surface area contributed by atoms with Crippen molar-refractivity contribution in [3.8, 4) is 11.1 Å². The minimum atomic E-state index is -0.523. The molecule has 2 aliphatic rings. The van der Waals surface area contributed by atoms with Gasteiger partial charge in [0.2, 0.25) is 0 Å².